The average molecular weight is 313 g/mol. The SMILES string of the molecule is CC(=O)c1cccc(NC(=O)N(C)CCCBr)c1. The summed E-state index contributed by atoms with van der Waals surface area (Å²) in [5, 5.41) is 3.63. The number of carbonyl (C=O) groups is 2. The minimum Gasteiger partial charge on any atom is -0.328 e. The van der Waals surface area contributed by atoms with E-state index in [0.717, 1.165) is 11.8 Å². The molecule has 1 aromatic carbocycles. The molecule has 1 N–H and O–H groups in total. The first-order valence-corrected chi connectivity index (χ1v) is 6.86. The number of halogens is 1. The van der Waals surface area contributed by atoms with E-state index in [9.17, 15) is 9.59 Å². The summed E-state index contributed by atoms with van der Waals surface area (Å²) in [4.78, 5) is 24.7. The van der Waals surface area contributed by atoms with Crippen LogP contribution in [0.25, 0.3) is 0 Å². The minimum atomic E-state index is -0.170. The second-order valence-corrected chi connectivity index (χ2v) is 4.82. The molecule has 0 aliphatic carbocycles. The lowest BCUT2D eigenvalue weighted by atomic mass is 10.1. The Balaban J connectivity index is 2.64. The Hall–Kier alpha value is -1.36. The van der Waals surface area contributed by atoms with Crippen LogP contribution in [-0.4, -0.2) is 35.6 Å². The van der Waals surface area contributed by atoms with E-state index in [1.165, 1.54) is 6.92 Å². The molecule has 0 aromatic heterocycles. The summed E-state index contributed by atoms with van der Waals surface area (Å²) in [5.74, 6) is -0.0151. The van der Waals surface area contributed by atoms with Crippen LogP contribution in [0.15, 0.2) is 24.3 Å². The smallest absolute Gasteiger partial charge is 0.321 e. The lowest BCUT2D eigenvalue weighted by molar-refractivity contribution is 0.101. The number of rotatable bonds is 5. The zero-order valence-electron chi connectivity index (χ0n) is 10.6. The van der Waals surface area contributed by atoms with Crippen molar-refractivity contribution in [1.82, 2.24) is 4.90 Å². The van der Waals surface area contributed by atoms with Crippen LogP contribution in [0, 0.1) is 0 Å². The molecule has 1 rings (SSSR count). The molecule has 0 radical (unpaired) electrons. The molecule has 0 aliphatic rings. The van der Waals surface area contributed by atoms with Gasteiger partial charge in [0.1, 0.15) is 0 Å². The van der Waals surface area contributed by atoms with E-state index < -0.39 is 0 Å². The first-order valence-electron chi connectivity index (χ1n) is 5.73. The molecule has 0 heterocycles. The maximum Gasteiger partial charge on any atom is 0.321 e. The van der Waals surface area contributed by atoms with Crippen molar-refractivity contribution >= 4 is 33.4 Å². The topological polar surface area (TPSA) is 49.4 Å². The van der Waals surface area contributed by atoms with Gasteiger partial charge in [-0.05, 0) is 25.5 Å². The summed E-state index contributed by atoms with van der Waals surface area (Å²) < 4.78 is 0. The van der Waals surface area contributed by atoms with Gasteiger partial charge in [-0.3, -0.25) is 4.79 Å². The molecule has 1 aromatic rings. The molecule has 98 valence electrons. The first kappa shape index (κ1) is 14.7. The van der Waals surface area contributed by atoms with Gasteiger partial charge in [-0.15, -0.1) is 0 Å². The van der Waals surface area contributed by atoms with E-state index in [2.05, 4.69) is 21.2 Å². The van der Waals surface area contributed by atoms with Crippen LogP contribution in [-0.2, 0) is 0 Å². The molecule has 0 fully saturated rings. The number of hydrogen-bond donors (Lipinski definition) is 1. The molecule has 0 saturated heterocycles. The first-order chi connectivity index (χ1) is 8.54. The predicted molar refractivity (Wildman–Crippen MR) is 76.5 cm³/mol. The lowest BCUT2D eigenvalue weighted by Gasteiger charge is -2.17. The van der Waals surface area contributed by atoms with E-state index >= 15 is 0 Å². The number of ketones is 1. The van der Waals surface area contributed by atoms with Crippen LogP contribution >= 0.6 is 15.9 Å². The van der Waals surface area contributed by atoms with Crippen LogP contribution in [0.1, 0.15) is 23.7 Å². The predicted octanol–water partition coefficient (Wildman–Crippen LogP) is 3.14. The van der Waals surface area contributed by atoms with Gasteiger partial charge in [-0.2, -0.15) is 0 Å². The van der Waals surface area contributed by atoms with Gasteiger partial charge in [0.05, 0.1) is 0 Å². The Kier molecular flexibility index (Phi) is 5.85. The van der Waals surface area contributed by atoms with E-state index in [4.69, 9.17) is 0 Å². The van der Waals surface area contributed by atoms with Crippen molar-refractivity contribution in [3.05, 3.63) is 29.8 Å². The average Bonchev–Trinajstić information content (AvgIpc) is 2.36. The Morgan fingerprint density at radius 1 is 1.39 bits per heavy atom. The fourth-order valence-electron chi connectivity index (χ4n) is 1.43. The molecule has 5 heteroatoms. The van der Waals surface area contributed by atoms with Crippen molar-refractivity contribution in [3.63, 3.8) is 0 Å². The van der Waals surface area contributed by atoms with Gasteiger partial charge in [0, 0.05) is 30.2 Å². The van der Waals surface area contributed by atoms with Gasteiger partial charge in [0.15, 0.2) is 5.78 Å². The van der Waals surface area contributed by atoms with Crippen molar-refractivity contribution in [2.75, 3.05) is 24.2 Å². The number of amides is 2. The molecule has 18 heavy (non-hydrogen) atoms. The van der Waals surface area contributed by atoms with Gasteiger partial charge < -0.3 is 10.2 Å². The van der Waals surface area contributed by atoms with Crippen LogP contribution < -0.4 is 5.32 Å². The molecule has 0 aliphatic heterocycles. The highest BCUT2D eigenvalue weighted by Crippen LogP contribution is 2.11. The Labute approximate surface area is 115 Å². The molecule has 0 spiro atoms. The number of carbonyl (C=O) groups excluding carboxylic acids is 2. The van der Waals surface area contributed by atoms with Crippen molar-refractivity contribution < 1.29 is 9.59 Å². The fraction of sp³-hybridized carbons (Fsp3) is 0.385. The number of nitrogens with zero attached hydrogens (tertiary/aromatic N) is 1. The molecule has 0 saturated carbocycles. The maximum atomic E-state index is 11.8. The second-order valence-electron chi connectivity index (χ2n) is 4.03. The van der Waals surface area contributed by atoms with Gasteiger partial charge in [0.25, 0.3) is 0 Å². The number of urea groups is 1. The monoisotopic (exact) mass is 312 g/mol. The summed E-state index contributed by atoms with van der Waals surface area (Å²) in [6.07, 6.45) is 0.900. The van der Waals surface area contributed by atoms with Crippen LogP contribution in [0.5, 0.6) is 0 Å². The normalized spacial score (nSPS) is 9.94. The summed E-state index contributed by atoms with van der Waals surface area (Å²) in [6.45, 7) is 2.19. The quantitative estimate of drug-likeness (QED) is 0.670. The van der Waals surface area contributed by atoms with E-state index in [1.807, 2.05) is 0 Å². The van der Waals surface area contributed by atoms with Crippen molar-refractivity contribution in [2.45, 2.75) is 13.3 Å². The van der Waals surface area contributed by atoms with Crippen LogP contribution in [0.2, 0.25) is 0 Å². The largest absolute Gasteiger partial charge is 0.328 e. The Morgan fingerprint density at radius 2 is 2.11 bits per heavy atom. The minimum absolute atomic E-state index is 0.0151. The highest BCUT2D eigenvalue weighted by atomic mass is 79.9. The standard InChI is InChI=1S/C13H17BrN2O2/c1-10(17)11-5-3-6-12(9-11)15-13(18)16(2)8-4-7-14/h3,5-6,9H,4,7-8H2,1-2H3,(H,15,18). The summed E-state index contributed by atoms with van der Waals surface area (Å²) >= 11 is 3.32. The van der Waals surface area contributed by atoms with Gasteiger partial charge in [0.2, 0.25) is 0 Å². The molecule has 2 amide bonds. The number of hydrogen-bond acceptors (Lipinski definition) is 2. The summed E-state index contributed by atoms with van der Waals surface area (Å²) in [7, 11) is 1.74. The van der Waals surface area contributed by atoms with E-state index in [-0.39, 0.29) is 11.8 Å². The molecule has 0 unspecified atom stereocenters. The molecular weight excluding hydrogens is 296 g/mol. The van der Waals surface area contributed by atoms with Gasteiger partial charge in [-0.25, -0.2) is 4.79 Å². The number of benzene rings is 1. The van der Waals surface area contributed by atoms with Gasteiger partial charge in [-0.1, -0.05) is 28.1 Å². The third kappa shape index (κ3) is 4.49. The number of nitrogens with one attached hydrogen (secondary N) is 1. The van der Waals surface area contributed by atoms with Gasteiger partial charge >= 0.3 is 6.03 Å². The second kappa shape index (κ2) is 7.16. The highest BCUT2D eigenvalue weighted by molar-refractivity contribution is 9.09. The zero-order valence-corrected chi connectivity index (χ0v) is 12.2. The molecular formula is C13H17BrN2O2. The number of anilines is 1. The zero-order chi connectivity index (χ0) is 13.5. The van der Waals surface area contributed by atoms with Crippen molar-refractivity contribution in [1.29, 1.82) is 0 Å². The molecule has 0 atom stereocenters. The third-order valence-electron chi connectivity index (χ3n) is 2.49. The van der Waals surface area contributed by atoms with E-state index in [0.29, 0.717) is 17.8 Å². The summed E-state index contributed by atoms with van der Waals surface area (Å²) in [5.41, 5.74) is 1.23. The Bertz CT molecular complexity index is 435. The molecule has 0 bridgehead atoms. The molecule has 4 nitrogen and oxygen atoms in total. The van der Waals surface area contributed by atoms with E-state index in [1.54, 1.807) is 36.2 Å². The van der Waals surface area contributed by atoms with Crippen LogP contribution in [0.4, 0.5) is 10.5 Å². The fourth-order valence-corrected chi connectivity index (χ4v) is 1.68. The van der Waals surface area contributed by atoms with Crippen molar-refractivity contribution in [2.24, 2.45) is 0 Å². The van der Waals surface area contributed by atoms with Crippen molar-refractivity contribution in [3.8, 4) is 0 Å². The number of Topliss-reactive ketones (excluding diaryl/α,β-unsaturated/α-hetero) is 1. The summed E-state index contributed by atoms with van der Waals surface area (Å²) in [6, 6.07) is 6.76. The third-order valence-corrected chi connectivity index (χ3v) is 3.05. The maximum absolute atomic E-state index is 11.8. The Morgan fingerprint density at radius 3 is 2.72 bits per heavy atom. The number of alkyl halides is 1. The highest BCUT2D eigenvalue weighted by Gasteiger charge is 2.08. The van der Waals surface area contributed by atoms with Crippen LogP contribution in [0.3, 0.4) is 0 Å². The lowest BCUT2D eigenvalue weighted by Crippen LogP contribution is -2.32.